The molecule has 1 spiro atoms. The number of fused-ring (bicyclic) bond motifs is 1. The molecule has 2 aliphatic carbocycles. The highest BCUT2D eigenvalue weighted by molar-refractivity contribution is 6.11. The number of allylic oxidation sites excluding steroid dienone is 3. The van der Waals surface area contributed by atoms with E-state index in [9.17, 15) is 9.90 Å². The summed E-state index contributed by atoms with van der Waals surface area (Å²) >= 11 is 0. The smallest absolute Gasteiger partial charge is 0.339 e. The number of aliphatic imine (C=N–C) groups is 1. The highest BCUT2D eigenvalue weighted by atomic mass is 16.5. The Labute approximate surface area is 120 Å². The van der Waals surface area contributed by atoms with Gasteiger partial charge in [-0.1, -0.05) is 24.3 Å². The molecule has 102 valence electrons. The SMILES string of the molecule is O=C(O)c1cccc2c1OC1C=CC=C3C4=NC(=CC321)C4. The van der Waals surface area contributed by atoms with E-state index in [1.807, 2.05) is 18.2 Å². The van der Waals surface area contributed by atoms with E-state index in [2.05, 4.69) is 17.1 Å². The first kappa shape index (κ1) is 11.1. The van der Waals surface area contributed by atoms with Crippen molar-refractivity contribution in [1.82, 2.24) is 0 Å². The first-order valence-electron chi connectivity index (χ1n) is 6.92. The molecule has 3 aliphatic heterocycles. The standard InChI is InChI=1S/C17H11NO3/c19-16(20)10-3-1-5-12-15(10)21-14-6-2-4-11-13-7-9(18-13)8-17(11,12)14/h1-6,8,14H,7H2,(H,19,20). The molecule has 3 heterocycles. The highest BCUT2D eigenvalue weighted by Crippen LogP contribution is 2.56. The molecule has 2 atom stereocenters. The van der Waals surface area contributed by atoms with Gasteiger partial charge in [0, 0.05) is 17.7 Å². The Hall–Kier alpha value is -2.62. The molecule has 0 saturated heterocycles. The van der Waals surface area contributed by atoms with Crippen LogP contribution in [0.4, 0.5) is 0 Å². The molecular weight excluding hydrogens is 266 g/mol. The van der Waals surface area contributed by atoms with Crippen LogP contribution in [0.5, 0.6) is 5.75 Å². The van der Waals surface area contributed by atoms with Crippen molar-refractivity contribution in [1.29, 1.82) is 0 Å². The molecule has 4 nitrogen and oxygen atoms in total. The van der Waals surface area contributed by atoms with Crippen LogP contribution in [0.15, 0.2) is 58.8 Å². The van der Waals surface area contributed by atoms with Gasteiger partial charge >= 0.3 is 5.97 Å². The number of carbonyl (C=O) groups is 1. The van der Waals surface area contributed by atoms with Gasteiger partial charge < -0.3 is 9.84 Å². The van der Waals surface area contributed by atoms with E-state index in [0.29, 0.717) is 5.75 Å². The fourth-order valence-corrected chi connectivity index (χ4v) is 3.82. The third-order valence-electron chi connectivity index (χ3n) is 4.71. The molecular formula is C17H11NO3. The number of aromatic carboxylic acids is 1. The van der Waals surface area contributed by atoms with E-state index in [-0.39, 0.29) is 17.1 Å². The van der Waals surface area contributed by atoms with Crippen LogP contribution in [0, 0.1) is 0 Å². The Kier molecular flexibility index (Phi) is 1.76. The van der Waals surface area contributed by atoms with Gasteiger partial charge in [-0.3, -0.25) is 4.99 Å². The van der Waals surface area contributed by atoms with Crippen molar-refractivity contribution in [3.8, 4) is 5.75 Å². The number of rotatable bonds is 1. The second-order valence-corrected chi connectivity index (χ2v) is 5.73. The van der Waals surface area contributed by atoms with Gasteiger partial charge in [0.15, 0.2) is 0 Å². The van der Waals surface area contributed by atoms with Gasteiger partial charge in [-0.15, -0.1) is 0 Å². The van der Waals surface area contributed by atoms with Gasteiger partial charge in [-0.25, -0.2) is 4.79 Å². The fraction of sp³-hybridized carbons (Fsp3) is 0.176. The summed E-state index contributed by atoms with van der Waals surface area (Å²) in [5.41, 5.74) is 4.08. The first-order valence-corrected chi connectivity index (χ1v) is 6.92. The lowest BCUT2D eigenvalue weighted by Gasteiger charge is -2.42. The number of carboxylic acids is 1. The molecule has 5 aliphatic rings. The predicted molar refractivity (Wildman–Crippen MR) is 76.9 cm³/mol. The predicted octanol–water partition coefficient (Wildman–Crippen LogP) is 2.62. The van der Waals surface area contributed by atoms with E-state index in [0.717, 1.165) is 29.0 Å². The zero-order valence-electron chi connectivity index (χ0n) is 11.0. The van der Waals surface area contributed by atoms with Crippen molar-refractivity contribution >= 4 is 11.7 Å². The lowest BCUT2D eigenvalue weighted by molar-refractivity contribution is 0.0692. The quantitative estimate of drug-likeness (QED) is 0.858. The maximum Gasteiger partial charge on any atom is 0.339 e. The van der Waals surface area contributed by atoms with Crippen LogP contribution in [0.3, 0.4) is 0 Å². The summed E-state index contributed by atoms with van der Waals surface area (Å²) in [6.07, 6.45) is 8.92. The fourth-order valence-electron chi connectivity index (χ4n) is 3.82. The summed E-state index contributed by atoms with van der Waals surface area (Å²) in [5, 5.41) is 9.39. The minimum atomic E-state index is -0.956. The Morgan fingerprint density at radius 2 is 2.29 bits per heavy atom. The Balaban J connectivity index is 1.84. The van der Waals surface area contributed by atoms with Crippen LogP contribution in [-0.4, -0.2) is 22.9 Å². The maximum atomic E-state index is 11.4. The van der Waals surface area contributed by atoms with Gasteiger partial charge in [-0.05, 0) is 23.8 Å². The molecule has 6 rings (SSSR count). The van der Waals surface area contributed by atoms with Crippen LogP contribution in [0.25, 0.3) is 0 Å². The average molecular weight is 277 g/mol. The number of nitrogens with zero attached hydrogens (tertiary/aromatic N) is 1. The largest absolute Gasteiger partial charge is 0.483 e. The molecule has 1 aromatic carbocycles. The topological polar surface area (TPSA) is 58.9 Å². The van der Waals surface area contributed by atoms with Gasteiger partial charge in [0.1, 0.15) is 17.4 Å². The summed E-state index contributed by atoms with van der Waals surface area (Å²) in [6.45, 7) is 0. The zero-order chi connectivity index (χ0) is 14.2. The minimum Gasteiger partial charge on any atom is -0.483 e. The van der Waals surface area contributed by atoms with Crippen molar-refractivity contribution in [2.24, 2.45) is 4.99 Å². The third-order valence-corrected chi connectivity index (χ3v) is 4.71. The van der Waals surface area contributed by atoms with Gasteiger partial charge in [0.25, 0.3) is 0 Å². The normalized spacial score (nSPS) is 29.9. The van der Waals surface area contributed by atoms with Crippen LogP contribution in [0.2, 0.25) is 0 Å². The summed E-state index contributed by atoms with van der Waals surface area (Å²) in [7, 11) is 0. The van der Waals surface area contributed by atoms with Crippen molar-refractivity contribution < 1.29 is 14.6 Å². The average Bonchev–Trinajstić information content (AvgIpc) is 2.77. The number of hydrogen-bond acceptors (Lipinski definition) is 3. The third kappa shape index (κ3) is 1.13. The van der Waals surface area contributed by atoms with Crippen molar-refractivity contribution in [3.63, 3.8) is 0 Å². The second kappa shape index (κ2) is 3.34. The first-order chi connectivity index (χ1) is 10.2. The summed E-state index contributed by atoms with van der Waals surface area (Å²) in [6, 6.07) is 5.35. The van der Waals surface area contributed by atoms with E-state index in [4.69, 9.17) is 4.74 Å². The molecule has 0 fully saturated rings. The highest BCUT2D eigenvalue weighted by Gasteiger charge is 2.55. The number of para-hydroxylation sites is 1. The minimum absolute atomic E-state index is 0.186. The second-order valence-electron chi connectivity index (χ2n) is 5.73. The number of hydrogen-bond donors (Lipinski definition) is 1. The van der Waals surface area contributed by atoms with Crippen LogP contribution >= 0.6 is 0 Å². The van der Waals surface area contributed by atoms with Crippen LogP contribution < -0.4 is 4.74 Å². The number of benzene rings is 1. The molecule has 2 unspecified atom stereocenters. The van der Waals surface area contributed by atoms with Crippen LogP contribution in [0.1, 0.15) is 22.3 Å². The molecule has 0 radical (unpaired) electrons. The van der Waals surface area contributed by atoms with E-state index < -0.39 is 5.97 Å². The van der Waals surface area contributed by atoms with Crippen molar-refractivity contribution in [2.75, 3.05) is 0 Å². The Morgan fingerprint density at radius 3 is 3.10 bits per heavy atom. The maximum absolute atomic E-state index is 11.4. The van der Waals surface area contributed by atoms with Gasteiger partial charge in [0.2, 0.25) is 0 Å². The molecule has 1 aromatic rings. The molecule has 1 N–H and O–H groups in total. The van der Waals surface area contributed by atoms with Gasteiger partial charge in [-0.2, -0.15) is 0 Å². The molecule has 21 heavy (non-hydrogen) atoms. The lowest BCUT2D eigenvalue weighted by atomic mass is 9.62. The monoisotopic (exact) mass is 277 g/mol. The lowest BCUT2D eigenvalue weighted by Crippen LogP contribution is -2.46. The molecule has 0 saturated carbocycles. The summed E-state index contributed by atoms with van der Waals surface area (Å²) < 4.78 is 6.02. The number of ether oxygens (including phenoxy) is 1. The van der Waals surface area contributed by atoms with Crippen molar-refractivity contribution in [3.05, 3.63) is 64.9 Å². The Morgan fingerprint density at radius 1 is 1.43 bits per heavy atom. The van der Waals surface area contributed by atoms with Gasteiger partial charge in [0.05, 0.1) is 11.1 Å². The number of carboxylic acid groups (broad SMARTS) is 1. The van der Waals surface area contributed by atoms with E-state index >= 15 is 0 Å². The van der Waals surface area contributed by atoms with E-state index in [1.165, 1.54) is 0 Å². The van der Waals surface area contributed by atoms with E-state index in [1.54, 1.807) is 12.1 Å². The Bertz CT molecular complexity index is 844. The summed E-state index contributed by atoms with van der Waals surface area (Å²) in [4.78, 5) is 15.9. The summed E-state index contributed by atoms with van der Waals surface area (Å²) in [5.74, 6) is -0.464. The zero-order valence-corrected chi connectivity index (χ0v) is 11.0. The molecule has 4 heteroatoms. The molecule has 0 aromatic heterocycles. The molecule has 0 amide bonds. The molecule has 2 bridgehead atoms. The van der Waals surface area contributed by atoms with Crippen LogP contribution in [-0.2, 0) is 5.41 Å². The van der Waals surface area contributed by atoms with Crippen molar-refractivity contribution in [2.45, 2.75) is 17.9 Å².